The molecule has 1 saturated heterocycles. The number of hydrogen-bond donors (Lipinski definition) is 2. The highest BCUT2D eigenvalue weighted by molar-refractivity contribution is 5.22. The van der Waals surface area contributed by atoms with E-state index in [0.29, 0.717) is 6.54 Å². The number of likely N-dealkylation sites (tertiary alicyclic amines) is 1. The van der Waals surface area contributed by atoms with Gasteiger partial charge in [-0.3, -0.25) is 4.90 Å². The summed E-state index contributed by atoms with van der Waals surface area (Å²) in [6.45, 7) is 3.58. The normalized spacial score (nSPS) is 24.8. The van der Waals surface area contributed by atoms with Gasteiger partial charge in [0.05, 0.1) is 12.2 Å². The summed E-state index contributed by atoms with van der Waals surface area (Å²) in [4.78, 5) is 2.19. The number of β-amino-alcohol motifs (C(OH)–C–C–N with tert-alkyl or cyclic N) is 1. The summed E-state index contributed by atoms with van der Waals surface area (Å²) in [5, 5.41) is 19.8. The Bertz CT molecular complexity index is 350. The highest BCUT2D eigenvalue weighted by Gasteiger charge is 2.31. The van der Waals surface area contributed by atoms with Gasteiger partial charge < -0.3 is 10.2 Å². The Hall–Kier alpha value is -0.900. The number of benzene rings is 1. The van der Waals surface area contributed by atoms with Crippen LogP contribution in [0.1, 0.15) is 25.3 Å². The summed E-state index contributed by atoms with van der Waals surface area (Å²) in [5.41, 5.74) is 0.0857. The van der Waals surface area contributed by atoms with Crippen molar-refractivity contribution in [1.82, 2.24) is 4.90 Å². The van der Waals surface area contributed by atoms with E-state index in [0.717, 1.165) is 24.9 Å². The Morgan fingerprint density at radius 3 is 2.71 bits per heavy atom. The molecule has 1 unspecified atom stereocenters. The zero-order valence-electron chi connectivity index (χ0n) is 10.3. The molecule has 2 N–H and O–H groups in total. The van der Waals surface area contributed by atoms with Crippen LogP contribution in [0.5, 0.6) is 0 Å². The van der Waals surface area contributed by atoms with E-state index in [1.807, 2.05) is 37.3 Å². The molecule has 2 rings (SSSR count). The van der Waals surface area contributed by atoms with Gasteiger partial charge in [0.25, 0.3) is 0 Å². The lowest BCUT2D eigenvalue weighted by molar-refractivity contribution is 0.00497. The largest absolute Gasteiger partial charge is 0.395 e. The number of nitrogens with zero attached hydrogens (tertiary/aromatic N) is 1. The Kier molecular flexibility index (Phi) is 3.82. The molecule has 2 atom stereocenters. The highest BCUT2D eigenvalue weighted by atomic mass is 16.3. The second-order valence-electron chi connectivity index (χ2n) is 5.09. The molecule has 0 saturated carbocycles. The van der Waals surface area contributed by atoms with Crippen LogP contribution in [0.4, 0.5) is 0 Å². The molecule has 0 amide bonds. The molecule has 1 heterocycles. The van der Waals surface area contributed by atoms with Crippen LogP contribution in [-0.4, -0.2) is 40.9 Å². The second kappa shape index (κ2) is 5.17. The molecule has 0 aliphatic carbocycles. The van der Waals surface area contributed by atoms with Crippen LogP contribution in [0.25, 0.3) is 0 Å². The van der Waals surface area contributed by atoms with E-state index in [2.05, 4.69) is 4.90 Å². The second-order valence-corrected chi connectivity index (χ2v) is 5.09. The van der Waals surface area contributed by atoms with Crippen LogP contribution < -0.4 is 0 Å². The maximum Gasteiger partial charge on any atom is 0.0994 e. The summed E-state index contributed by atoms with van der Waals surface area (Å²) in [5.74, 6) is 0. The third-order valence-corrected chi connectivity index (χ3v) is 3.62. The fraction of sp³-hybridized carbons (Fsp3) is 0.571. The lowest BCUT2D eigenvalue weighted by atomic mass is 9.95. The van der Waals surface area contributed by atoms with Crippen molar-refractivity contribution in [3.05, 3.63) is 35.9 Å². The van der Waals surface area contributed by atoms with E-state index in [9.17, 15) is 10.2 Å². The van der Waals surface area contributed by atoms with E-state index in [4.69, 9.17) is 0 Å². The molecule has 94 valence electrons. The lowest BCUT2D eigenvalue weighted by Crippen LogP contribution is -2.42. The minimum absolute atomic E-state index is 0.185. The molecular weight excluding hydrogens is 214 g/mol. The Morgan fingerprint density at radius 2 is 2.06 bits per heavy atom. The maximum absolute atomic E-state index is 10.5. The van der Waals surface area contributed by atoms with Crippen molar-refractivity contribution < 1.29 is 10.2 Å². The van der Waals surface area contributed by atoms with Crippen molar-refractivity contribution in [3.63, 3.8) is 0 Å². The number of aliphatic hydroxyl groups is 2. The standard InChI is InChI=1S/C14H21NO2/c1-14(17,12-6-3-2-4-7-12)11-15-9-5-8-13(15)10-16/h2-4,6-7,13,16-17H,5,8-11H2,1H3/t13-,14?/m0/s1. The number of aliphatic hydroxyl groups excluding tert-OH is 1. The average molecular weight is 235 g/mol. The van der Waals surface area contributed by atoms with Crippen molar-refractivity contribution in [2.45, 2.75) is 31.4 Å². The third-order valence-electron chi connectivity index (χ3n) is 3.62. The predicted molar refractivity (Wildman–Crippen MR) is 67.7 cm³/mol. The molecule has 3 heteroatoms. The van der Waals surface area contributed by atoms with Gasteiger partial charge in [0, 0.05) is 12.6 Å². The van der Waals surface area contributed by atoms with Crippen LogP contribution in [-0.2, 0) is 5.60 Å². The van der Waals surface area contributed by atoms with Gasteiger partial charge in [0.15, 0.2) is 0 Å². The van der Waals surface area contributed by atoms with E-state index in [-0.39, 0.29) is 12.6 Å². The highest BCUT2D eigenvalue weighted by Crippen LogP contribution is 2.26. The van der Waals surface area contributed by atoms with E-state index >= 15 is 0 Å². The van der Waals surface area contributed by atoms with Crippen LogP contribution in [0.15, 0.2) is 30.3 Å². The fourth-order valence-corrected chi connectivity index (χ4v) is 2.59. The first-order valence-electron chi connectivity index (χ1n) is 6.26. The molecule has 0 spiro atoms. The molecule has 1 aliphatic rings. The Labute approximate surface area is 103 Å². The smallest absolute Gasteiger partial charge is 0.0994 e. The molecule has 0 bridgehead atoms. The monoisotopic (exact) mass is 235 g/mol. The molecule has 1 aromatic carbocycles. The topological polar surface area (TPSA) is 43.7 Å². The summed E-state index contributed by atoms with van der Waals surface area (Å²) >= 11 is 0. The molecule has 0 aromatic heterocycles. The number of rotatable bonds is 4. The zero-order valence-corrected chi connectivity index (χ0v) is 10.3. The van der Waals surface area contributed by atoms with Crippen molar-refractivity contribution in [2.24, 2.45) is 0 Å². The van der Waals surface area contributed by atoms with Gasteiger partial charge >= 0.3 is 0 Å². The van der Waals surface area contributed by atoms with Crippen LogP contribution in [0, 0.1) is 0 Å². The first-order valence-corrected chi connectivity index (χ1v) is 6.26. The molecule has 1 aliphatic heterocycles. The van der Waals surface area contributed by atoms with Gasteiger partial charge in [0.1, 0.15) is 0 Å². The minimum Gasteiger partial charge on any atom is -0.395 e. The molecule has 1 aromatic rings. The van der Waals surface area contributed by atoms with Gasteiger partial charge in [-0.25, -0.2) is 0 Å². The number of hydrogen-bond acceptors (Lipinski definition) is 3. The van der Waals surface area contributed by atoms with Crippen molar-refractivity contribution in [2.75, 3.05) is 19.7 Å². The van der Waals surface area contributed by atoms with Gasteiger partial charge in [-0.15, -0.1) is 0 Å². The summed E-state index contributed by atoms with van der Waals surface area (Å²) in [7, 11) is 0. The van der Waals surface area contributed by atoms with E-state index < -0.39 is 5.60 Å². The molecule has 3 nitrogen and oxygen atoms in total. The lowest BCUT2D eigenvalue weighted by Gasteiger charge is -2.32. The predicted octanol–water partition coefficient (Wildman–Crippen LogP) is 1.35. The van der Waals surface area contributed by atoms with Gasteiger partial charge in [-0.2, -0.15) is 0 Å². The minimum atomic E-state index is -0.848. The summed E-state index contributed by atoms with van der Waals surface area (Å²) < 4.78 is 0. The quantitative estimate of drug-likeness (QED) is 0.828. The van der Waals surface area contributed by atoms with Crippen LogP contribution in [0.2, 0.25) is 0 Å². The first kappa shape index (κ1) is 12.6. The zero-order chi connectivity index (χ0) is 12.3. The van der Waals surface area contributed by atoms with Crippen molar-refractivity contribution in [1.29, 1.82) is 0 Å². The van der Waals surface area contributed by atoms with Gasteiger partial charge in [0.2, 0.25) is 0 Å². The molecular formula is C14H21NO2. The summed E-state index contributed by atoms with van der Waals surface area (Å²) in [6.07, 6.45) is 2.14. The molecule has 0 radical (unpaired) electrons. The van der Waals surface area contributed by atoms with Gasteiger partial charge in [-0.05, 0) is 31.9 Å². The van der Waals surface area contributed by atoms with Crippen molar-refractivity contribution in [3.8, 4) is 0 Å². The Balaban J connectivity index is 2.07. The Morgan fingerprint density at radius 1 is 1.35 bits per heavy atom. The van der Waals surface area contributed by atoms with Crippen molar-refractivity contribution >= 4 is 0 Å². The average Bonchev–Trinajstić information content (AvgIpc) is 2.77. The fourth-order valence-electron chi connectivity index (χ4n) is 2.59. The molecule has 17 heavy (non-hydrogen) atoms. The van der Waals surface area contributed by atoms with Crippen LogP contribution >= 0.6 is 0 Å². The SMILES string of the molecule is CC(O)(CN1CCC[C@H]1CO)c1ccccc1. The third kappa shape index (κ3) is 2.86. The van der Waals surface area contributed by atoms with Crippen LogP contribution in [0.3, 0.4) is 0 Å². The molecule has 1 fully saturated rings. The summed E-state index contributed by atoms with van der Waals surface area (Å²) in [6, 6.07) is 9.94. The first-order chi connectivity index (χ1) is 8.13. The van der Waals surface area contributed by atoms with E-state index in [1.54, 1.807) is 0 Å². The van der Waals surface area contributed by atoms with E-state index in [1.165, 1.54) is 0 Å². The van der Waals surface area contributed by atoms with Gasteiger partial charge in [-0.1, -0.05) is 30.3 Å². The maximum atomic E-state index is 10.5.